The number of hydrogen-bond acceptors (Lipinski definition) is 6. The maximum absolute atomic E-state index is 15.0. The first-order chi connectivity index (χ1) is 19.2. The molecular weight excluding hydrogens is 511 g/mol. The highest BCUT2D eigenvalue weighted by atomic mass is 19.1. The van der Waals surface area contributed by atoms with E-state index in [9.17, 15) is 9.59 Å². The van der Waals surface area contributed by atoms with E-state index in [2.05, 4.69) is 13.5 Å². The minimum atomic E-state index is -0.678. The van der Waals surface area contributed by atoms with E-state index in [0.717, 1.165) is 41.5 Å². The predicted octanol–water partition coefficient (Wildman–Crippen LogP) is 8.00. The Morgan fingerprint density at radius 1 is 0.950 bits per heavy atom. The summed E-state index contributed by atoms with van der Waals surface area (Å²) >= 11 is 0. The van der Waals surface area contributed by atoms with Gasteiger partial charge in [-0.1, -0.05) is 70.2 Å². The molecule has 0 atom stereocenters. The second-order valence-corrected chi connectivity index (χ2v) is 11.1. The molecule has 0 amide bonds. The molecule has 1 aliphatic heterocycles. The average Bonchev–Trinajstić information content (AvgIpc) is 2.94. The Kier molecular flexibility index (Phi) is 12.0. The third-order valence-corrected chi connectivity index (χ3v) is 7.10. The van der Waals surface area contributed by atoms with Crippen LogP contribution >= 0.6 is 0 Å². The second-order valence-electron chi connectivity index (χ2n) is 11.1. The Hall–Kier alpha value is -3.35. The van der Waals surface area contributed by atoms with Gasteiger partial charge in [0.2, 0.25) is 0 Å². The van der Waals surface area contributed by atoms with Crippen molar-refractivity contribution < 1.29 is 32.9 Å². The minimum absolute atomic E-state index is 0.148. The highest BCUT2D eigenvalue weighted by molar-refractivity contribution is 5.86. The summed E-state index contributed by atoms with van der Waals surface area (Å²) in [5.41, 5.74) is 3.01. The lowest BCUT2D eigenvalue weighted by Crippen LogP contribution is -2.41. The molecule has 1 heterocycles. The Morgan fingerprint density at radius 3 is 2.27 bits per heavy atom. The summed E-state index contributed by atoms with van der Waals surface area (Å²) in [6.07, 6.45) is 8.85. The van der Waals surface area contributed by atoms with Gasteiger partial charge in [-0.3, -0.25) is 0 Å². The molecule has 0 radical (unpaired) electrons. The first kappa shape index (κ1) is 31.2. The molecule has 40 heavy (non-hydrogen) atoms. The SMILES string of the molecule is C=C(C)C(=O)OCCc1cc(-c2ccc(CCCCCCCCC)c(F)c2)ccc1OCC1(C)COC(=O)OC1. The van der Waals surface area contributed by atoms with Gasteiger partial charge in [-0.05, 0) is 67.1 Å². The summed E-state index contributed by atoms with van der Waals surface area (Å²) in [4.78, 5) is 23.1. The van der Waals surface area contributed by atoms with Gasteiger partial charge in [0.05, 0.1) is 12.0 Å². The number of aryl methyl sites for hydroxylation is 1. The van der Waals surface area contributed by atoms with Crippen LogP contribution in [0.25, 0.3) is 11.1 Å². The molecule has 7 heteroatoms. The Labute approximate surface area is 237 Å². The van der Waals surface area contributed by atoms with E-state index in [1.165, 1.54) is 32.1 Å². The van der Waals surface area contributed by atoms with E-state index >= 15 is 4.39 Å². The van der Waals surface area contributed by atoms with E-state index in [1.54, 1.807) is 13.0 Å². The van der Waals surface area contributed by atoms with Gasteiger partial charge in [0.15, 0.2) is 0 Å². The van der Waals surface area contributed by atoms with Crippen LogP contribution in [-0.4, -0.2) is 38.6 Å². The van der Waals surface area contributed by atoms with Gasteiger partial charge in [0, 0.05) is 12.0 Å². The zero-order valence-electron chi connectivity index (χ0n) is 24.2. The fourth-order valence-corrected chi connectivity index (χ4v) is 4.56. The monoisotopic (exact) mass is 554 g/mol. The van der Waals surface area contributed by atoms with Crippen molar-refractivity contribution >= 4 is 12.1 Å². The lowest BCUT2D eigenvalue weighted by atomic mass is 9.93. The number of ether oxygens (including phenoxy) is 4. The Morgan fingerprint density at radius 2 is 1.60 bits per heavy atom. The van der Waals surface area contributed by atoms with Crippen LogP contribution in [-0.2, 0) is 31.8 Å². The van der Waals surface area contributed by atoms with Gasteiger partial charge in [-0.2, -0.15) is 0 Å². The zero-order chi connectivity index (χ0) is 29.0. The van der Waals surface area contributed by atoms with Crippen molar-refractivity contribution in [3.05, 3.63) is 65.5 Å². The molecule has 2 aromatic rings. The quantitative estimate of drug-likeness (QED) is 0.119. The molecule has 1 saturated heterocycles. The zero-order valence-corrected chi connectivity index (χ0v) is 24.2. The lowest BCUT2D eigenvalue weighted by Gasteiger charge is -2.32. The molecule has 1 fully saturated rings. The van der Waals surface area contributed by atoms with Gasteiger partial charge in [0.25, 0.3) is 0 Å². The molecule has 2 aromatic carbocycles. The molecule has 0 spiro atoms. The van der Waals surface area contributed by atoms with E-state index in [-0.39, 0.29) is 32.2 Å². The van der Waals surface area contributed by atoms with Gasteiger partial charge in [-0.25, -0.2) is 14.0 Å². The summed E-state index contributed by atoms with van der Waals surface area (Å²) in [6.45, 7) is 10.1. The van der Waals surface area contributed by atoms with Crippen LogP contribution in [0, 0.1) is 11.2 Å². The predicted molar refractivity (Wildman–Crippen MR) is 154 cm³/mol. The number of halogens is 1. The van der Waals surface area contributed by atoms with E-state index in [1.807, 2.05) is 37.3 Å². The average molecular weight is 555 g/mol. The molecule has 0 unspecified atom stereocenters. The van der Waals surface area contributed by atoms with Crippen LogP contribution in [0.4, 0.5) is 9.18 Å². The molecule has 6 nitrogen and oxygen atoms in total. The van der Waals surface area contributed by atoms with Crippen LogP contribution in [0.15, 0.2) is 48.6 Å². The number of carbonyl (C=O) groups is 2. The van der Waals surface area contributed by atoms with E-state index in [0.29, 0.717) is 17.7 Å². The van der Waals surface area contributed by atoms with E-state index < -0.39 is 17.5 Å². The minimum Gasteiger partial charge on any atom is -0.492 e. The van der Waals surface area contributed by atoms with Crippen LogP contribution in [0.1, 0.15) is 76.8 Å². The van der Waals surface area contributed by atoms with Crippen LogP contribution in [0.2, 0.25) is 0 Å². The van der Waals surface area contributed by atoms with Gasteiger partial charge in [0.1, 0.15) is 31.4 Å². The number of esters is 1. The van der Waals surface area contributed by atoms with Gasteiger partial charge < -0.3 is 18.9 Å². The fraction of sp³-hybridized carbons (Fsp3) is 0.515. The summed E-state index contributed by atoms with van der Waals surface area (Å²) in [7, 11) is 0. The van der Waals surface area contributed by atoms with Crippen molar-refractivity contribution in [2.75, 3.05) is 26.4 Å². The Balaban J connectivity index is 1.69. The smallest absolute Gasteiger partial charge is 0.492 e. The van der Waals surface area contributed by atoms with Crippen molar-refractivity contribution in [2.45, 2.75) is 78.6 Å². The third-order valence-electron chi connectivity index (χ3n) is 7.10. The molecular formula is C33H43FO6. The van der Waals surface area contributed by atoms with Crippen molar-refractivity contribution in [3.63, 3.8) is 0 Å². The van der Waals surface area contributed by atoms with Crippen molar-refractivity contribution in [2.24, 2.45) is 5.41 Å². The second kappa shape index (κ2) is 15.4. The van der Waals surface area contributed by atoms with Crippen LogP contribution in [0.3, 0.4) is 0 Å². The molecule has 0 saturated carbocycles. The molecule has 3 rings (SSSR count). The van der Waals surface area contributed by atoms with Crippen molar-refractivity contribution in [3.8, 4) is 16.9 Å². The van der Waals surface area contributed by atoms with E-state index in [4.69, 9.17) is 18.9 Å². The van der Waals surface area contributed by atoms with Crippen LogP contribution in [0.5, 0.6) is 5.75 Å². The summed E-state index contributed by atoms with van der Waals surface area (Å²) < 4.78 is 36.5. The van der Waals surface area contributed by atoms with Gasteiger partial charge >= 0.3 is 12.1 Å². The summed E-state index contributed by atoms with van der Waals surface area (Å²) in [5.74, 6) is -0.0317. The topological polar surface area (TPSA) is 71.1 Å². The number of rotatable bonds is 16. The first-order valence-corrected chi connectivity index (χ1v) is 14.4. The number of hydrogen-bond donors (Lipinski definition) is 0. The molecule has 218 valence electrons. The van der Waals surface area contributed by atoms with Crippen molar-refractivity contribution in [1.29, 1.82) is 0 Å². The maximum Gasteiger partial charge on any atom is 0.508 e. The normalized spacial score (nSPS) is 14.2. The number of cyclic esters (lactones) is 2. The summed E-state index contributed by atoms with van der Waals surface area (Å²) in [6, 6.07) is 11.1. The highest BCUT2D eigenvalue weighted by Gasteiger charge is 2.34. The molecule has 0 aromatic heterocycles. The number of benzene rings is 2. The largest absolute Gasteiger partial charge is 0.508 e. The fourth-order valence-electron chi connectivity index (χ4n) is 4.56. The molecule has 0 aliphatic carbocycles. The number of unbranched alkanes of at least 4 members (excludes halogenated alkanes) is 6. The molecule has 0 bridgehead atoms. The summed E-state index contributed by atoms with van der Waals surface area (Å²) in [5, 5.41) is 0. The van der Waals surface area contributed by atoms with Gasteiger partial charge in [-0.15, -0.1) is 0 Å². The highest BCUT2D eigenvalue weighted by Crippen LogP contribution is 2.31. The molecule has 1 aliphatic rings. The number of carbonyl (C=O) groups excluding carboxylic acids is 2. The maximum atomic E-state index is 15.0. The molecule has 0 N–H and O–H groups in total. The third kappa shape index (κ3) is 9.68. The lowest BCUT2D eigenvalue weighted by molar-refractivity contribution is -0.138. The Bertz CT molecular complexity index is 1150. The first-order valence-electron chi connectivity index (χ1n) is 14.4. The van der Waals surface area contributed by atoms with Crippen molar-refractivity contribution in [1.82, 2.24) is 0 Å². The van der Waals surface area contributed by atoms with Crippen LogP contribution < -0.4 is 4.74 Å². The standard InChI is InChI=1S/C33H43FO6/c1-5-6-7-8-9-10-11-12-25-13-14-27(20-29(25)34)26-15-16-30(28(19-26)17-18-37-31(35)24(2)3)38-21-33(4)22-39-32(36)40-23-33/h13-16,19-20H,2,5-12,17-18,21-23H2,1,3-4H3.